The Kier molecular flexibility index (Phi) is 3.36. The molecule has 1 aromatic heterocycles. The summed E-state index contributed by atoms with van der Waals surface area (Å²) in [6.45, 7) is 3.53. The number of hydrogen-bond donors (Lipinski definition) is 0. The van der Waals surface area contributed by atoms with Crippen molar-refractivity contribution < 1.29 is 0 Å². The van der Waals surface area contributed by atoms with Gasteiger partial charge in [-0.05, 0) is 47.1 Å². The number of benzene rings is 3. The van der Waals surface area contributed by atoms with Gasteiger partial charge in [-0.25, -0.2) is 4.98 Å². The summed E-state index contributed by atoms with van der Waals surface area (Å²) in [7, 11) is 0. The van der Waals surface area contributed by atoms with Crippen molar-refractivity contribution in [1.29, 1.82) is 0 Å². The van der Waals surface area contributed by atoms with Crippen LogP contribution in [-0.4, -0.2) is 23.0 Å². The number of rotatable bonds is 3. The van der Waals surface area contributed by atoms with Crippen LogP contribution < -0.4 is 0 Å². The Hall–Kier alpha value is -2.71. The van der Waals surface area contributed by atoms with Gasteiger partial charge in [0.25, 0.3) is 0 Å². The maximum atomic E-state index is 4.90. The van der Waals surface area contributed by atoms with Gasteiger partial charge in [0.15, 0.2) is 0 Å². The van der Waals surface area contributed by atoms with Crippen LogP contribution in [0.3, 0.4) is 0 Å². The first-order chi connectivity index (χ1) is 13.4. The lowest BCUT2D eigenvalue weighted by atomic mass is 9.99. The van der Waals surface area contributed by atoms with Gasteiger partial charge < -0.3 is 0 Å². The lowest BCUT2D eigenvalue weighted by molar-refractivity contribution is 0.290. The second-order valence-corrected chi connectivity index (χ2v) is 8.13. The predicted molar refractivity (Wildman–Crippen MR) is 111 cm³/mol. The molecule has 2 atom stereocenters. The fraction of sp³-hybridized carbons (Fsp3) is 0.240. The van der Waals surface area contributed by atoms with Crippen molar-refractivity contribution in [3.8, 4) is 0 Å². The van der Waals surface area contributed by atoms with Crippen LogP contribution >= 0.6 is 0 Å². The molecule has 1 aliphatic carbocycles. The molecule has 0 amide bonds. The van der Waals surface area contributed by atoms with E-state index < -0.39 is 0 Å². The average molecular weight is 350 g/mol. The molecular formula is C25H22N2. The Bertz CT molecular complexity index is 1120. The number of piperidine rings is 1. The molecule has 1 saturated carbocycles. The zero-order valence-electron chi connectivity index (χ0n) is 15.3. The first-order valence-corrected chi connectivity index (χ1v) is 9.91. The highest BCUT2D eigenvalue weighted by Gasteiger charge is 2.56. The molecule has 2 nitrogen and oxygen atoms in total. The maximum absolute atomic E-state index is 4.90. The molecule has 0 N–H and O–H groups in total. The van der Waals surface area contributed by atoms with Crippen molar-refractivity contribution in [2.75, 3.05) is 13.1 Å². The number of para-hydroxylation sites is 1. The zero-order valence-corrected chi connectivity index (χ0v) is 15.3. The molecule has 1 aliphatic heterocycles. The first-order valence-electron chi connectivity index (χ1n) is 9.91. The van der Waals surface area contributed by atoms with Crippen LogP contribution in [0, 0.1) is 11.8 Å². The van der Waals surface area contributed by atoms with Crippen molar-refractivity contribution in [2.45, 2.75) is 12.5 Å². The molecule has 2 aliphatic rings. The second-order valence-electron chi connectivity index (χ2n) is 8.13. The minimum Gasteiger partial charge on any atom is -0.298 e. The number of likely N-dealkylation sites (tertiary alicyclic amines) is 1. The van der Waals surface area contributed by atoms with Crippen LogP contribution in [-0.2, 0) is 6.54 Å². The standard InChI is InChI=1S/C25H22N2/c1-2-7-17(8-3-1)14-27-15-21-22(16-27)25(21)19-10-6-12-24-20(19)13-18-9-4-5-11-23(18)26-24/h1-13,21-22,25H,14-16H2. The monoisotopic (exact) mass is 350 g/mol. The summed E-state index contributed by atoms with van der Waals surface area (Å²) in [5.74, 6) is 2.33. The van der Waals surface area contributed by atoms with Gasteiger partial charge >= 0.3 is 0 Å². The largest absolute Gasteiger partial charge is 0.298 e. The van der Waals surface area contributed by atoms with Gasteiger partial charge in [-0.1, -0.05) is 60.7 Å². The Morgan fingerprint density at radius 3 is 2.37 bits per heavy atom. The summed E-state index contributed by atoms with van der Waals surface area (Å²) in [6.07, 6.45) is 0. The Morgan fingerprint density at radius 2 is 1.52 bits per heavy atom. The van der Waals surface area contributed by atoms with E-state index in [4.69, 9.17) is 4.98 Å². The van der Waals surface area contributed by atoms with Gasteiger partial charge in [-0.2, -0.15) is 0 Å². The molecule has 0 spiro atoms. The number of fused-ring (bicyclic) bond motifs is 3. The van der Waals surface area contributed by atoms with E-state index in [1.807, 2.05) is 0 Å². The molecule has 2 fully saturated rings. The van der Waals surface area contributed by atoms with Gasteiger partial charge in [0.1, 0.15) is 0 Å². The van der Waals surface area contributed by atoms with Gasteiger partial charge in [0.2, 0.25) is 0 Å². The molecule has 6 rings (SSSR count). The zero-order chi connectivity index (χ0) is 17.8. The van der Waals surface area contributed by atoms with Crippen molar-refractivity contribution >= 4 is 21.8 Å². The number of aromatic nitrogens is 1. The molecule has 0 radical (unpaired) electrons. The van der Waals surface area contributed by atoms with Crippen LogP contribution in [0.15, 0.2) is 78.9 Å². The van der Waals surface area contributed by atoms with E-state index in [0.717, 1.165) is 29.4 Å². The van der Waals surface area contributed by atoms with Gasteiger partial charge in [-0.15, -0.1) is 0 Å². The van der Waals surface area contributed by atoms with Crippen molar-refractivity contribution in [1.82, 2.24) is 9.88 Å². The summed E-state index contributed by atoms with van der Waals surface area (Å²) in [4.78, 5) is 7.53. The molecular weight excluding hydrogens is 328 g/mol. The summed E-state index contributed by atoms with van der Waals surface area (Å²) >= 11 is 0. The van der Waals surface area contributed by atoms with Crippen LogP contribution in [0.25, 0.3) is 21.8 Å². The van der Waals surface area contributed by atoms with E-state index in [0.29, 0.717) is 5.92 Å². The number of nitrogens with zero attached hydrogens (tertiary/aromatic N) is 2. The molecule has 2 heteroatoms. The number of pyridine rings is 1. The SMILES string of the molecule is c1ccc(CN2CC3C(C2)C3c2cccc3nc4ccccc4cc23)cc1. The smallest absolute Gasteiger partial charge is 0.0712 e. The van der Waals surface area contributed by atoms with Crippen LogP contribution in [0.4, 0.5) is 0 Å². The Labute approximate surface area is 159 Å². The van der Waals surface area contributed by atoms with E-state index in [-0.39, 0.29) is 0 Å². The van der Waals surface area contributed by atoms with Crippen LogP contribution in [0.5, 0.6) is 0 Å². The highest BCUT2D eigenvalue weighted by atomic mass is 15.2. The van der Waals surface area contributed by atoms with Gasteiger partial charge in [-0.3, -0.25) is 4.90 Å². The van der Waals surface area contributed by atoms with Crippen molar-refractivity contribution in [3.05, 3.63) is 90.0 Å². The highest BCUT2D eigenvalue weighted by Crippen LogP contribution is 2.59. The molecule has 2 heterocycles. The lowest BCUT2D eigenvalue weighted by Crippen LogP contribution is -2.23. The summed E-state index contributed by atoms with van der Waals surface area (Å²) in [6, 6.07) is 28.3. The topological polar surface area (TPSA) is 16.1 Å². The van der Waals surface area contributed by atoms with E-state index in [2.05, 4.69) is 83.8 Å². The van der Waals surface area contributed by atoms with E-state index in [1.165, 1.54) is 35.0 Å². The molecule has 3 aromatic carbocycles. The Morgan fingerprint density at radius 1 is 0.778 bits per heavy atom. The molecule has 2 unspecified atom stereocenters. The third kappa shape index (κ3) is 2.55. The fourth-order valence-electron chi connectivity index (χ4n) is 5.16. The fourth-order valence-corrected chi connectivity index (χ4v) is 5.16. The quantitative estimate of drug-likeness (QED) is 0.470. The van der Waals surface area contributed by atoms with E-state index in [1.54, 1.807) is 0 Å². The maximum Gasteiger partial charge on any atom is 0.0712 e. The third-order valence-electron chi connectivity index (χ3n) is 6.47. The van der Waals surface area contributed by atoms with E-state index in [9.17, 15) is 0 Å². The van der Waals surface area contributed by atoms with Crippen LogP contribution in [0.2, 0.25) is 0 Å². The second kappa shape index (κ2) is 5.90. The first kappa shape index (κ1) is 15.4. The van der Waals surface area contributed by atoms with Crippen molar-refractivity contribution in [2.24, 2.45) is 11.8 Å². The minimum atomic E-state index is 0.712. The minimum absolute atomic E-state index is 0.712. The highest BCUT2D eigenvalue weighted by molar-refractivity contribution is 5.94. The summed E-state index contributed by atoms with van der Waals surface area (Å²) in [5, 5.41) is 2.60. The van der Waals surface area contributed by atoms with Gasteiger partial charge in [0.05, 0.1) is 11.0 Å². The molecule has 0 bridgehead atoms. The molecule has 4 aromatic rings. The number of hydrogen-bond acceptors (Lipinski definition) is 2. The lowest BCUT2D eigenvalue weighted by Gasteiger charge is -2.20. The molecule has 132 valence electrons. The van der Waals surface area contributed by atoms with Crippen LogP contribution in [0.1, 0.15) is 17.0 Å². The summed E-state index contributed by atoms with van der Waals surface area (Å²) in [5.41, 5.74) is 5.17. The Balaban J connectivity index is 1.28. The average Bonchev–Trinajstić information content (AvgIpc) is 3.20. The van der Waals surface area contributed by atoms with Crippen molar-refractivity contribution in [3.63, 3.8) is 0 Å². The van der Waals surface area contributed by atoms with Gasteiger partial charge in [0, 0.05) is 30.4 Å². The van der Waals surface area contributed by atoms with E-state index >= 15 is 0 Å². The normalized spacial score (nSPS) is 24.4. The summed E-state index contributed by atoms with van der Waals surface area (Å²) < 4.78 is 0. The molecule has 27 heavy (non-hydrogen) atoms. The third-order valence-corrected chi connectivity index (χ3v) is 6.47. The molecule has 1 saturated heterocycles. The predicted octanol–water partition coefficient (Wildman–Crippen LogP) is 5.23.